The number of nitrogens with one attached hydrogen (secondary N) is 3. The van der Waals surface area contributed by atoms with Crippen molar-refractivity contribution >= 4 is 28.6 Å². The normalized spacial score (nSPS) is 14.7. The second kappa shape index (κ2) is 9.73. The average molecular weight is 402 g/mol. The molecular formula is C21H31N5O3. The van der Waals surface area contributed by atoms with E-state index in [0.29, 0.717) is 5.56 Å². The van der Waals surface area contributed by atoms with E-state index in [1.165, 1.54) is 20.0 Å². The molecule has 0 spiro atoms. The molecule has 1 saturated heterocycles. The number of methoxy groups -OCH3 is 1. The van der Waals surface area contributed by atoms with E-state index >= 15 is 0 Å². The number of amides is 1. The number of piperidine rings is 1. The molecule has 0 unspecified atom stereocenters. The average Bonchev–Trinajstić information content (AvgIpc) is 3.06. The number of hydrogen-bond acceptors (Lipinski definition) is 6. The lowest BCUT2D eigenvalue weighted by Crippen LogP contribution is -2.28. The van der Waals surface area contributed by atoms with Crippen molar-refractivity contribution < 1.29 is 14.3 Å². The third-order valence-electron chi connectivity index (χ3n) is 5.70. The van der Waals surface area contributed by atoms with Crippen LogP contribution in [0.2, 0.25) is 0 Å². The molecule has 0 saturated carbocycles. The van der Waals surface area contributed by atoms with Crippen LogP contribution < -0.4 is 16.0 Å². The fourth-order valence-electron chi connectivity index (χ4n) is 3.89. The molecular weight excluding hydrogens is 370 g/mol. The summed E-state index contributed by atoms with van der Waals surface area (Å²) >= 11 is 0. The highest BCUT2D eigenvalue weighted by Gasteiger charge is 2.18. The Hall–Kier alpha value is -2.61. The van der Waals surface area contributed by atoms with Crippen molar-refractivity contribution in [1.82, 2.24) is 20.2 Å². The van der Waals surface area contributed by atoms with Gasteiger partial charge in [-0.05, 0) is 50.4 Å². The number of benzene rings is 1. The van der Waals surface area contributed by atoms with Crippen molar-refractivity contribution in [2.75, 3.05) is 39.1 Å². The zero-order valence-corrected chi connectivity index (χ0v) is 17.5. The first-order valence-electron chi connectivity index (χ1n) is 10.3. The van der Waals surface area contributed by atoms with E-state index in [9.17, 15) is 9.59 Å². The minimum absolute atomic E-state index is 0.143. The molecule has 1 aliphatic rings. The Labute approximate surface area is 171 Å². The number of imidazole rings is 1. The Morgan fingerprint density at radius 3 is 2.76 bits per heavy atom. The lowest BCUT2D eigenvalue weighted by molar-refractivity contribution is -0.140. The molecule has 29 heavy (non-hydrogen) atoms. The quantitative estimate of drug-likeness (QED) is 0.584. The van der Waals surface area contributed by atoms with Crippen LogP contribution in [0, 0.1) is 5.92 Å². The molecule has 2 aromatic rings. The zero-order chi connectivity index (χ0) is 20.8. The molecule has 3 N–H and O–H groups in total. The number of anilines is 1. The van der Waals surface area contributed by atoms with E-state index in [4.69, 9.17) is 4.98 Å². The highest BCUT2D eigenvalue weighted by molar-refractivity contribution is 6.03. The van der Waals surface area contributed by atoms with Gasteiger partial charge in [-0.2, -0.15) is 0 Å². The monoisotopic (exact) mass is 401 g/mol. The first kappa shape index (κ1) is 21.1. The number of rotatable bonds is 8. The maximum absolute atomic E-state index is 12.6. The lowest BCUT2D eigenvalue weighted by atomic mass is 9.93. The molecule has 0 radical (unpaired) electrons. The van der Waals surface area contributed by atoms with Gasteiger partial charge in [0.2, 0.25) is 0 Å². The van der Waals surface area contributed by atoms with Gasteiger partial charge in [0.15, 0.2) is 0 Å². The minimum Gasteiger partial charge on any atom is -0.469 e. The van der Waals surface area contributed by atoms with E-state index in [-0.39, 0.29) is 24.8 Å². The molecule has 3 rings (SSSR count). The van der Waals surface area contributed by atoms with Crippen LogP contribution >= 0.6 is 0 Å². The van der Waals surface area contributed by atoms with Crippen LogP contribution in [0.4, 0.5) is 5.69 Å². The van der Waals surface area contributed by atoms with Gasteiger partial charge < -0.3 is 25.3 Å². The van der Waals surface area contributed by atoms with Crippen LogP contribution in [0.1, 0.15) is 41.9 Å². The molecule has 0 bridgehead atoms. The molecule has 158 valence electrons. The first-order valence-corrected chi connectivity index (χ1v) is 10.3. The molecule has 0 atom stereocenters. The highest BCUT2D eigenvalue weighted by Crippen LogP contribution is 2.26. The number of aryl methyl sites for hydroxylation is 2. The standard InChI is InChI=1S/C21H31N5O3/c1-22-16-13-18-17(12-15(16)21(28)24-11-8-20(27)29-3)25-19(26(18)2)5-4-14-6-9-23-10-7-14/h12-14,22-23H,4-11H2,1-3H3,(H,24,28). The summed E-state index contributed by atoms with van der Waals surface area (Å²) in [5.74, 6) is 1.21. The number of carbonyl (C=O) groups excluding carboxylic acids is 2. The predicted octanol–water partition coefficient (Wildman–Crippen LogP) is 1.84. The van der Waals surface area contributed by atoms with Crippen LogP contribution in [0.25, 0.3) is 11.0 Å². The molecule has 0 aliphatic carbocycles. The van der Waals surface area contributed by atoms with Crippen LogP contribution in [0.15, 0.2) is 12.1 Å². The summed E-state index contributed by atoms with van der Waals surface area (Å²) in [6.07, 6.45) is 4.67. The lowest BCUT2D eigenvalue weighted by Gasteiger charge is -2.22. The fourth-order valence-corrected chi connectivity index (χ4v) is 3.89. The second-order valence-electron chi connectivity index (χ2n) is 7.54. The van der Waals surface area contributed by atoms with E-state index in [2.05, 4.69) is 25.3 Å². The number of aromatic nitrogens is 2. The smallest absolute Gasteiger partial charge is 0.307 e. The van der Waals surface area contributed by atoms with Gasteiger partial charge in [-0.3, -0.25) is 9.59 Å². The molecule has 2 heterocycles. The van der Waals surface area contributed by atoms with Gasteiger partial charge in [-0.1, -0.05) is 0 Å². The van der Waals surface area contributed by atoms with Crippen molar-refractivity contribution in [3.05, 3.63) is 23.5 Å². The summed E-state index contributed by atoms with van der Waals surface area (Å²) in [4.78, 5) is 28.7. The van der Waals surface area contributed by atoms with Gasteiger partial charge >= 0.3 is 5.97 Å². The van der Waals surface area contributed by atoms with Crippen LogP contribution in [-0.4, -0.2) is 55.2 Å². The van der Waals surface area contributed by atoms with Crippen LogP contribution in [0.5, 0.6) is 0 Å². The summed E-state index contributed by atoms with van der Waals surface area (Å²) in [7, 11) is 5.16. The largest absolute Gasteiger partial charge is 0.469 e. The van der Waals surface area contributed by atoms with Gasteiger partial charge in [0, 0.05) is 32.7 Å². The Balaban J connectivity index is 1.75. The third kappa shape index (κ3) is 5.06. The van der Waals surface area contributed by atoms with Crippen molar-refractivity contribution in [1.29, 1.82) is 0 Å². The summed E-state index contributed by atoms with van der Waals surface area (Å²) < 4.78 is 6.73. The van der Waals surface area contributed by atoms with E-state index in [0.717, 1.165) is 54.4 Å². The minimum atomic E-state index is -0.349. The molecule has 1 amide bonds. The summed E-state index contributed by atoms with van der Waals surface area (Å²) in [6, 6.07) is 3.79. The molecule has 1 fully saturated rings. The predicted molar refractivity (Wildman–Crippen MR) is 113 cm³/mol. The number of esters is 1. The zero-order valence-electron chi connectivity index (χ0n) is 17.5. The van der Waals surface area contributed by atoms with Gasteiger partial charge in [-0.15, -0.1) is 0 Å². The third-order valence-corrected chi connectivity index (χ3v) is 5.70. The number of nitrogens with zero attached hydrogens (tertiary/aromatic N) is 2. The van der Waals surface area contributed by atoms with E-state index in [1.807, 2.05) is 19.2 Å². The fraction of sp³-hybridized carbons (Fsp3) is 0.571. The molecule has 1 aromatic carbocycles. The van der Waals surface area contributed by atoms with Gasteiger partial charge in [0.05, 0.1) is 30.1 Å². The molecule has 1 aromatic heterocycles. The first-order chi connectivity index (χ1) is 14.0. The summed E-state index contributed by atoms with van der Waals surface area (Å²) in [5, 5.41) is 9.28. The topological polar surface area (TPSA) is 97.3 Å². The Bertz CT molecular complexity index is 871. The Kier molecular flexibility index (Phi) is 7.09. The molecule has 8 heteroatoms. The number of hydrogen-bond donors (Lipinski definition) is 3. The highest BCUT2D eigenvalue weighted by atomic mass is 16.5. The van der Waals surface area contributed by atoms with Gasteiger partial charge in [0.25, 0.3) is 5.91 Å². The van der Waals surface area contributed by atoms with Crippen molar-refractivity contribution in [3.63, 3.8) is 0 Å². The summed E-state index contributed by atoms with van der Waals surface area (Å²) in [6.45, 7) is 2.44. The SMILES string of the molecule is CNc1cc2c(cc1C(=O)NCCC(=O)OC)nc(CCC1CCNCC1)n2C. The molecule has 1 aliphatic heterocycles. The van der Waals surface area contributed by atoms with Crippen LogP contribution in [0.3, 0.4) is 0 Å². The number of ether oxygens (including phenoxy) is 1. The van der Waals surface area contributed by atoms with Crippen LogP contribution in [-0.2, 0) is 23.0 Å². The van der Waals surface area contributed by atoms with Gasteiger partial charge in [-0.25, -0.2) is 4.98 Å². The van der Waals surface area contributed by atoms with Crippen molar-refractivity contribution in [3.8, 4) is 0 Å². The van der Waals surface area contributed by atoms with E-state index < -0.39 is 0 Å². The number of fused-ring (bicyclic) bond motifs is 1. The maximum Gasteiger partial charge on any atom is 0.307 e. The second-order valence-corrected chi connectivity index (χ2v) is 7.54. The maximum atomic E-state index is 12.6. The number of carbonyl (C=O) groups is 2. The molecule has 8 nitrogen and oxygen atoms in total. The van der Waals surface area contributed by atoms with Crippen molar-refractivity contribution in [2.45, 2.75) is 32.1 Å². The van der Waals surface area contributed by atoms with Gasteiger partial charge in [0.1, 0.15) is 5.82 Å². The van der Waals surface area contributed by atoms with Crippen molar-refractivity contribution in [2.24, 2.45) is 13.0 Å². The summed E-state index contributed by atoms with van der Waals surface area (Å²) in [5.41, 5.74) is 3.07. The Morgan fingerprint density at radius 2 is 2.07 bits per heavy atom. The van der Waals surface area contributed by atoms with E-state index in [1.54, 1.807) is 7.05 Å². The Morgan fingerprint density at radius 1 is 1.31 bits per heavy atom.